The van der Waals surface area contributed by atoms with Crippen molar-refractivity contribution in [3.8, 4) is 0 Å². The quantitative estimate of drug-likeness (QED) is 0.786. The molecular weight excluding hydrogens is 314 g/mol. The minimum atomic E-state index is -0.227. The number of nitrogens with one attached hydrogen (secondary N) is 3. The highest BCUT2D eigenvalue weighted by Gasteiger charge is 2.40. The Kier molecular flexibility index (Phi) is 4.52. The van der Waals surface area contributed by atoms with E-state index in [1.807, 2.05) is 25.1 Å². The lowest BCUT2D eigenvalue weighted by atomic mass is 9.64. The van der Waals surface area contributed by atoms with Crippen LogP contribution in [0, 0.1) is 0 Å². The molecule has 1 atom stereocenters. The second-order valence-corrected chi connectivity index (χ2v) is 6.44. The van der Waals surface area contributed by atoms with E-state index in [1.54, 1.807) is 0 Å². The second kappa shape index (κ2) is 6.58. The number of aromatic amines is 1. The van der Waals surface area contributed by atoms with E-state index in [9.17, 15) is 4.79 Å². The SMILES string of the molecule is C[C@H](NC(=O)NCC1(c2ccccc2Cl)CCC1)c1ncn[nH]1. The predicted molar refractivity (Wildman–Crippen MR) is 88.3 cm³/mol. The summed E-state index contributed by atoms with van der Waals surface area (Å²) < 4.78 is 0. The molecule has 122 valence electrons. The number of H-pyrrole nitrogens is 1. The molecule has 1 heterocycles. The highest BCUT2D eigenvalue weighted by Crippen LogP contribution is 2.45. The molecule has 1 aliphatic rings. The molecule has 1 saturated carbocycles. The third-order valence-corrected chi connectivity index (χ3v) is 4.86. The van der Waals surface area contributed by atoms with Gasteiger partial charge in [0.15, 0.2) is 0 Å². The molecule has 6 nitrogen and oxygen atoms in total. The number of rotatable bonds is 5. The summed E-state index contributed by atoms with van der Waals surface area (Å²) in [6.45, 7) is 2.43. The highest BCUT2D eigenvalue weighted by molar-refractivity contribution is 6.31. The zero-order valence-electron chi connectivity index (χ0n) is 13.0. The van der Waals surface area contributed by atoms with Gasteiger partial charge in [-0.25, -0.2) is 9.78 Å². The summed E-state index contributed by atoms with van der Waals surface area (Å²) in [4.78, 5) is 16.2. The number of urea groups is 1. The molecule has 0 saturated heterocycles. The molecule has 2 aromatic rings. The lowest BCUT2D eigenvalue weighted by molar-refractivity contribution is 0.213. The Bertz CT molecular complexity index is 669. The van der Waals surface area contributed by atoms with Crippen LogP contribution in [0.25, 0.3) is 0 Å². The standard InChI is InChI=1S/C16H20ClN5O/c1-11(14-19-10-20-22-14)21-15(23)18-9-16(7-4-8-16)12-5-2-3-6-13(12)17/h2-3,5-6,10-11H,4,7-9H2,1H3,(H2,18,21,23)(H,19,20,22)/t11-/m0/s1. The molecule has 3 rings (SSSR count). The van der Waals surface area contributed by atoms with Crippen molar-refractivity contribution in [2.45, 2.75) is 37.6 Å². The number of hydrogen-bond donors (Lipinski definition) is 3. The van der Waals surface area contributed by atoms with E-state index >= 15 is 0 Å². The van der Waals surface area contributed by atoms with Crippen LogP contribution in [0.3, 0.4) is 0 Å². The zero-order chi connectivity index (χ0) is 16.3. The molecule has 1 aliphatic carbocycles. The van der Waals surface area contributed by atoms with Gasteiger partial charge in [-0.05, 0) is 31.4 Å². The molecule has 7 heteroatoms. The van der Waals surface area contributed by atoms with Crippen molar-refractivity contribution in [2.75, 3.05) is 6.54 Å². The first kappa shape index (κ1) is 15.8. The Labute approximate surface area is 140 Å². The van der Waals surface area contributed by atoms with Crippen LogP contribution in [0.2, 0.25) is 5.02 Å². The molecule has 0 radical (unpaired) electrons. The zero-order valence-corrected chi connectivity index (χ0v) is 13.7. The molecule has 2 amide bonds. The lowest BCUT2D eigenvalue weighted by Gasteiger charge is -2.43. The van der Waals surface area contributed by atoms with E-state index in [4.69, 9.17) is 11.6 Å². The number of aromatic nitrogens is 3. The van der Waals surface area contributed by atoms with Gasteiger partial charge in [0, 0.05) is 17.0 Å². The average Bonchev–Trinajstić information content (AvgIpc) is 3.02. The van der Waals surface area contributed by atoms with Gasteiger partial charge in [-0.15, -0.1) is 0 Å². The van der Waals surface area contributed by atoms with Gasteiger partial charge >= 0.3 is 6.03 Å². The Morgan fingerprint density at radius 1 is 1.43 bits per heavy atom. The van der Waals surface area contributed by atoms with Gasteiger partial charge < -0.3 is 10.6 Å². The molecular formula is C16H20ClN5O. The van der Waals surface area contributed by atoms with Crippen molar-refractivity contribution in [1.29, 1.82) is 0 Å². The van der Waals surface area contributed by atoms with Crippen molar-refractivity contribution in [3.63, 3.8) is 0 Å². The monoisotopic (exact) mass is 333 g/mol. The summed E-state index contributed by atoms with van der Waals surface area (Å²) in [5.41, 5.74) is 1.07. The summed E-state index contributed by atoms with van der Waals surface area (Å²) in [6.07, 6.45) is 4.65. The number of halogens is 1. The highest BCUT2D eigenvalue weighted by atomic mass is 35.5. The fourth-order valence-corrected chi connectivity index (χ4v) is 3.36. The molecule has 0 aliphatic heterocycles. The van der Waals surface area contributed by atoms with E-state index in [-0.39, 0.29) is 17.5 Å². The normalized spacial score (nSPS) is 17.1. The maximum atomic E-state index is 12.1. The van der Waals surface area contributed by atoms with Gasteiger partial charge in [-0.2, -0.15) is 5.10 Å². The van der Waals surface area contributed by atoms with Gasteiger partial charge in [0.2, 0.25) is 0 Å². The maximum absolute atomic E-state index is 12.1. The Morgan fingerprint density at radius 2 is 2.22 bits per heavy atom. The number of carbonyl (C=O) groups is 1. The van der Waals surface area contributed by atoms with Gasteiger partial charge in [0.1, 0.15) is 12.2 Å². The van der Waals surface area contributed by atoms with E-state index < -0.39 is 0 Å². The number of hydrogen-bond acceptors (Lipinski definition) is 3. The first-order valence-electron chi connectivity index (χ1n) is 7.75. The van der Waals surface area contributed by atoms with Crippen LogP contribution in [-0.2, 0) is 5.41 Å². The van der Waals surface area contributed by atoms with Crippen LogP contribution in [0.15, 0.2) is 30.6 Å². The van der Waals surface area contributed by atoms with Gasteiger partial charge in [-0.1, -0.05) is 36.2 Å². The Hall–Kier alpha value is -2.08. The van der Waals surface area contributed by atoms with E-state index in [0.29, 0.717) is 12.4 Å². The number of benzene rings is 1. The van der Waals surface area contributed by atoms with E-state index in [0.717, 1.165) is 29.8 Å². The minimum absolute atomic E-state index is 0.0504. The molecule has 0 spiro atoms. The van der Waals surface area contributed by atoms with E-state index in [1.165, 1.54) is 6.33 Å². The molecule has 1 aromatic heterocycles. The fourth-order valence-electron chi connectivity index (χ4n) is 3.03. The van der Waals surface area contributed by atoms with Crippen LogP contribution < -0.4 is 10.6 Å². The van der Waals surface area contributed by atoms with Crippen LogP contribution in [-0.4, -0.2) is 27.8 Å². The number of amides is 2. The summed E-state index contributed by atoms with van der Waals surface area (Å²) in [5.74, 6) is 0.629. The molecule has 1 fully saturated rings. The maximum Gasteiger partial charge on any atom is 0.315 e. The van der Waals surface area contributed by atoms with Crippen molar-refractivity contribution >= 4 is 17.6 Å². The van der Waals surface area contributed by atoms with E-state index in [2.05, 4.69) is 31.9 Å². The lowest BCUT2D eigenvalue weighted by Crippen LogP contribution is -2.48. The minimum Gasteiger partial charge on any atom is -0.337 e. The predicted octanol–water partition coefficient (Wildman–Crippen LogP) is 2.94. The van der Waals surface area contributed by atoms with Crippen LogP contribution in [0.4, 0.5) is 4.79 Å². The van der Waals surface area contributed by atoms with Crippen molar-refractivity contribution in [1.82, 2.24) is 25.8 Å². The molecule has 0 unspecified atom stereocenters. The molecule has 23 heavy (non-hydrogen) atoms. The summed E-state index contributed by atoms with van der Waals surface area (Å²) >= 11 is 6.34. The number of carbonyl (C=O) groups excluding carboxylic acids is 1. The van der Waals surface area contributed by atoms with Gasteiger partial charge in [-0.3, -0.25) is 5.10 Å². The average molecular weight is 334 g/mol. The molecule has 3 N–H and O–H groups in total. The topological polar surface area (TPSA) is 82.7 Å². The van der Waals surface area contributed by atoms with Crippen molar-refractivity contribution in [3.05, 3.63) is 47.0 Å². The smallest absolute Gasteiger partial charge is 0.315 e. The summed E-state index contributed by atoms with van der Waals surface area (Å²) in [6, 6.07) is 7.44. The summed E-state index contributed by atoms with van der Waals surface area (Å²) in [5, 5.41) is 13.1. The molecule has 1 aromatic carbocycles. The van der Waals surface area contributed by atoms with Crippen molar-refractivity contribution in [2.24, 2.45) is 0 Å². The van der Waals surface area contributed by atoms with Crippen molar-refractivity contribution < 1.29 is 4.79 Å². The van der Waals surface area contributed by atoms with Crippen LogP contribution in [0.5, 0.6) is 0 Å². The first-order chi connectivity index (χ1) is 11.1. The van der Waals surface area contributed by atoms with Gasteiger partial charge in [0.05, 0.1) is 6.04 Å². The third-order valence-electron chi connectivity index (χ3n) is 4.53. The van der Waals surface area contributed by atoms with Crippen LogP contribution in [0.1, 0.15) is 43.6 Å². The third kappa shape index (κ3) is 3.32. The number of nitrogens with zero attached hydrogens (tertiary/aromatic N) is 2. The summed E-state index contributed by atoms with van der Waals surface area (Å²) in [7, 11) is 0. The molecule has 0 bridgehead atoms. The Balaban J connectivity index is 1.60. The largest absolute Gasteiger partial charge is 0.337 e. The Morgan fingerprint density at radius 3 is 2.83 bits per heavy atom. The second-order valence-electron chi connectivity index (χ2n) is 6.03. The first-order valence-corrected chi connectivity index (χ1v) is 8.13. The fraction of sp³-hybridized carbons (Fsp3) is 0.438. The van der Waals surface area contributed by atoms with Crippen LogP contribution >= 0.6 is 11.6 Å². The van der Waals surface area contributed by atoms with Gasteiger partial charge in [0.25, 0.3) is 0 Å².